The quantitative estimate of drug-likeness (QED) is 0.690. The fraction of sp³-hybridized carbons (Fsp3) is 0.389. The van der Waals surface area contributed by atoms with Crippen LogP contribution in [-0.2, 0) is 11.3 Å². The number of anilines is 1. The van der Waals surface area contributed by atoms with Gasteiger partial charge < -0.3 is 14.4 Å². The van der Waals surface area contributed by atoms with Crippen molar-refractivity contribution in [1.82, 2.24) is 18.8 Å². The Bertz CT molecular complexity index is 937. The summed E-state index contributed by atoms with van der Waals surface area (Å²) in [7, 11) is 0. The van der Waals surface area contributed by atoms with E-state index in [1.54, 1.807) is 0 Å². The molecule has 2 aromatic heterocycles. The zero-order valence-electron chi connectivity index (χ0n) is 14.6. The molecular weight excluding hydrogens is 370 g/mol. The van der Waals surface area contributed by atoms with E-state index in [0.717, 1.165) is 47.9 Å². The summed E-state index contributed by atoms with van der Waals surface area (Å²) in [5, 5.41) is 2.72. The van der Waals surface area contributed by atoms with Crippen molar-refractivity contribution in [1.29, 1.82) is 0 Å². The van der Waals surface area contributed by atoms with E-state index in [-0.39, 0.29) is 5.91 Å². The summed E-state index contributed by atoms with van der Waals surface area (Å²) in [6.45, 7) is 5.41. The van der Waals surface area contributed by atoms with Crippen LogP contribution in [0.2, 0.25) is 5.02 Å². The Morgan fingerprint density at radius 2 is 2.12 bits per heavy atom. The van der Waals surface area contributed by atoms with E-state index in [2.05, 4.69) is 14.3 Å². The van der Waals surface area contributed by atoms with Gasteiger partial charge in [0.05, 0.1) is 0 Å². The molecule has 1 fully saturated rings. The van der Waals surface area contributed by atoms with Crippen LogP contribution >= 0.6 is 23.1 Å². The second-order valence-corrected chi connectivity index (χ2v) is 7.66. The number of rotatable bonds is 3. The van der Waals surface area contributed by atoms with Crippen molar-refractivity contribution < 1.29 is 4.79 Å². The zero-order valence-corrected chi connectivity index (χ0v) is 16.1. The Morgan fingerprint density at radius 1 is 1.23 bits per heavy atom. The molecule has 0 saturated carbocycles. The number of aromatic nitrogens is 3. The molecule has 1 aromatic carbocycles. The fourth-order valence-electron chi connectivity index (χ4n) is 3.31. The van der Waals surface area contributed by atoms with E-state index in [1.807, 2.05) is 46.9 Å². The summed E-state index contributed by atoms with van der Waals surface area (Å²) in [5.74, 6) is 0.943. The van der Waals surface area contributed by atoms with Crippen molar-refractivity contribution in [3.8, 4) is 0 Å². The molecule has 3 aromatic rings. The summed E-state index contributed by atoms with van der Waals surface area (Å²) >= 11 is 7.53. The predicted octanol–water partition coefficient (Wildman–Crippen LogP) is 3.19. The number of halogens is 1. The maximum Gasteiger partial charge on any atom is 0.242 e. The molecule has 0 bridgehead atoms. The summed E-state index contributed by atoms with van der Waals surface area (Å²) in [6, 6.07) is 7.77. The SMILES string of the molecule is Cc1nsc(N2CCCN(C(=O)Cn3ccc4ccc(Cl)cc43)CC2)n1. The zero-order chi connectivity index (χ0) is 18.1. The number of nitrogens with zero attached hydrogens (tertiary/aromatic N) is 5. The van der Waals surface area contributed by atoms with Gasteiger partial charge in [-0.25, -0.2) is 4.98 Å². The number of carbonyl (C=O) groups is 1. The Balaban J connectivity index is 1.44. The van der Waals surface area contributed by atoms with Crippen LogP contribution in [0.1, 0.15) is 12.2 Å². The number of hydrogen-bond acceptors (Lipinski definition) is 5. The molecule has 1 aliphatic rings. The number of fused-ring (bicyclic) bond motifs is 1. The van der Waals surface area contributed by atoms with Gasteiger partial charge >= 0.3 is 0 Å². The minimum atomic E-state index is 0.137. The van der Waals surface area contributed by atoms with Gasteiger partial charge in [0.25, 0.3) is 0 Å². The number of aryl methyl sites for hydroxylation is 1. The Hall–Kier alpha value is -2.12. The molecule has 0 spiro atoms. The lowest BCUT2D eigenvalue weighted by atomic mass is 10.2. The molecule has 1 aliphatic heterocycles. The Kier molecular flexibility index (Phi) is 4.82. The Morgan fingerprint density at radius 3 is 2.92 bits per heavy atom. The highest BCUT2D eigenvalue weighted by Crippen LogP contribution is 2.21. The smallest absolute Gasteiger partial charge is 0.242 e. The summed E-state index contributed by atoms with van der Waals surface area (Å²) in [6.07, 6.45) is 2.88. The number of hydrogen-bond donors (Lipinski definition) is 0. The fourth-order valence-corrected chi connectivity index (χ4v) is 4.21. The summed E-state index contributed by atoms with van der Waals surface area (Å²) in [5.41, 5.74) is 0.992. The first-order valence-corrected chi connectivity index (χ1v) is 9.83. The monoisotopic (exact) mass is 389 g/mol. The molecule has 1 amide bonds. The van der Waals surface area contributed by atoms with Crippen LogP contribution in [0.25, 0.3) is 10.9 Å². The van der Waals surface area contributed by atoms with Gasteiger partial charge in [0.2, 0.25) is 11.0 Å². The summed E-state index contributed by atoms with van der Waals surface area (Å²) < 4.78 is 6.23. The number of amides is 1. The van der Waals surface area contributed by atoms with Gasteiger partial charge in [0.1, 0.15) is 12.4 Å². The minimum absolute atomic E-state index is 0.137. The van der Waals surface area contributed by atoms with Crippen LogP contribution in [0, 0.1) is 6.92 Å². The van der Waals surface area contributed by atoms with Gasteiger partial charge in [0.15, 0.2) is 0 Å². The maximum absolute atomic E-state index is 12.8. The third-order valence-corrected chi connectivity index (χ3v) is 5.78. The first-order chi connectivity index (χ1) is 12.6. The average molecular weight is 390 g/mol. The third kappa shape index (κ3) is 3.54. The van der Waals surface area contributed by atoms with E-state index < -0.39 is 0 Å². The van der Waals surface area contributed by atoms with Gasteiger partial charge in [-0.15, -0.1) is 0 Å². The molecule has 4 rings (SSSR count). The molecule has 0 N–H and O–H groups in total. The molecule has 136 valence electrons. The predicted molar refractivity (Wildman–Crippen MR) is 105 cm³/mol. The van der Waals surface area contributed by atoms with Crippen LogP contribution in [0.5, 0.6) is 0 Å². The molecule has 0 unspecified atom stereocenters. The highest BCUT2D eigenvalue weighted by Gasteiger charge is 2.21. The summed E-state index contributed by atoms with van der Waals surface area (Å²) in [4.78, 5) is 21.5. The van der Waals surface area contributed by atoms with Crippen molar-refractivity contribution in [2.75, 3.05) is 31.1 Å². The van der Waals surface area contributed by atoms with Crippen LogP contribution in [0.15, 0.2) is 30.5 Å². The second kappa shape index (κ2) is 7.25. The van der Waals surface area contributed by atoms with Crippen LogP contribution in [0.3, 0.4) is 0 Å². The van der Waals surface area contributed by atoms with Gasteiger partial charge in [-0.1, -0.05) is 17.7 Å². The van der Waals surface area contributed by atoms with Gasteiger partial charge in [-0.05, 0) is 36.9 Å². The van der Waals surface area contributed by atoms with E-state index >= 15 is 0 Å². The highest BCUT2D eigenvalue weighted by molar-refractivity contribution is 7.09. The van der Waals surface area contributed by atoms with E-state index in [4.69, 9.17) is 11.6 Å². The molecule has 6 nitrogen and oxygen atoms in total. The highest BCUT2D eigenvalue weighted by atomic mass is 35.5. The standard InChI is InChI=1S/C18H20ClN5OS/c1-13-20-18(26-21-13)23-7-2-6-22(9-10-23)17(25)12-24-8-5-14-3-4-15(19)11-16(14)24/h3-5,8,11H,2,6-7,9-10,12H2,1H3. The van der Waals surface area contributed by atoms with Gasteiger partial charge in [-0.3, -0.25) is 4.79 Å². The number of carbonyl (C=O) groups excluding carboxylic acids is 1. The van der Waals surface area contributed by atoms with Gasteiger partial charge in [0, 0.05) is 54.4 Å². The first kappa shape index (κ1) is 17.3. The second-order valence-electron chi connectivity index (χ2n) is 6.49. The molecular formula is C18H20ClN5OS. The lowest BCUT2D eigenvalue weighted by molar-refractivity contribution is -0.131. The third-order valence-electron chi connectivity index (χ3n) is 4.68. The van der Waals surface area contributed by atoms with E-state index in [1.165, 1.54) is 11.5 Å². The topological polar surface area (TPSA) is 54.3 Å². The average Bonchev–Trinajstić information content (AvgIpc) is 3.13. The lowest BCUT2D eigenvalue weighted by Crippen LogP contribution is -2.37. The van der Waals surface area contributed by atoms with Crippen molar-refractivity contribution in [2.45, 2.75) is 19.9 Å². The van der Waals surface area contributed by atoms with Crippen molar-refractivity contribution in [3.63, 3.8) is 0 Å². The number of benzene rings is 1. The normalized spacial score (nSPS) is 15.5. The lowest BCUT2D eigenvalue weighted by Gasteiger charge is -2.22. The molecule has 0 radical (unpaired) electrons. The minimum Gasteiger partial charge on any atom is -0.345 e. The molecule has 8 heteroatoms. The molecule has 1 saturated heterocycles. The maximum atomic E-state index is 12.8. The van der Waals surface area contributed by atoms with Crippen LogP contribution in [0.4, 0.5) is 5.13 Å². The Labute approximate surface area is 161 Å². The van der Waals surface area contributed by atoms with Crippen LogP contribution < -0.4 is 4.90 Å². The molecule has 0 aliphatic carbocycles. The van der Waals surface area contributed by atoms with Crippen molar-refractivity contribution in [3.05, 3.63) is 41.3 Å². The molecule has 0 atom stereocenters. The first-order valence-electron chi connectivity index (χ1n) is 8.67. The largest absolute Gasteiger partial charge is 0.345 e. The van der Waals surface area contributed by atoms with E-state index in [0.29, 0.717) is 18.1 Å². The molecule has 3 heterocycles. The molecule has 26 heavy (non-hydrogen) atoms. The van der Waals surface area contributed by atoms with Crippen molar-refractivity contribution in [2.24, 2.45) is 0 Å². The van der Waals surface area contributed by atoms with Gasteiger partial charge in [-0.2, -0.15) is 4.37 Å². The van der Waals surface area contributed by atoms with E-state index in [9.17, 15) is 4.79 Å². The van der Waals surface area contributed by atoms with Crippen LogP contribution in [-0.4, -0.2) is 50.9 Å². The van der Waals surface area contributed by atoms with Crippen molar-refractivity contribution >= 4 is 45.1 Å².